The Balaban J connectivity index is 1.30. The molecule has 1 heterocycles. The summed E-state index contributed by atoms with van der Waals surface area (Å²) in [6.07, 6.45) is 1.61. The Bertz CT molecular complexity index is 1140. The van der Waals surface area contributed by atoms with Crippen molar-refractivity contribution in [3.63, 3.8) is 0 Å². The zero-order valence-corrected chi connectivity index (χ0v) is 22.7. The van der Waals surface area contributed by atoms with Crippen LogP contribution in [0.4, 0.5) is 5.69 Å². The Morgan fingerprint density at radius 1 is 0.892 bits per heavy atom. The first kappa shape index (κ1) is 26.7. The molecule has 1 aliphatic rings. The SMILES string of the molecule is COc1cccc(-c2ccc(N3CCN(CCCC(C)(C(=O)OC(C)C)c4ccccc4)CC3)cc2)c1. The van der Waals surface area contributed by atoms with E-state index in [0.29, 0.717) is 0 Å². The van der Waals surface area contributed by atoms with E-state index in [1.54, 1.807) is 7.11 Å². The van der Waals surface area contributed by atoms with Crippen molar-refractivity contribution in [2.75, 3.05) is 44.7 Å². The van der Waals surface area contributed by atoms with E-state index in [0.717, 1.165) is 62.4 Å². The lowest BCUT2D eigenvalue weighted by Crippen LogP contribution is -2.47. The number of piperazine rings is 1. The summed E-state index contributed by atoms with van der Waals surface area (Å²) < 4.78 is 11.0. The smallest absolute Gasteiger partial charge is 0.316 e. The molecule has 0 spiro atoms. The highest BCUT2D eigenvalue weighted by Crippen LogP contribution is 2.32. The Morgan fingerprint density at radius 2 is 1.59 bits per heavy atom. The molecule has 3 aromatic carbocycles. The Hall–Kier alpha value is -3.31. The molecule has 0 aliphatic carbocycles. The van der Waals surface area contributed by atoms with Gasteiger partial charge in [0.2, 0.25) is 0 Å². The summed E-state index contributed by atoms with van der Waals surface area (Å²) in [5.41, 5.74) is 4.02. The summed E-state index contributed by atoms with van der Waals surface area (Å²) in [7, 11) is 1.70. The lowest BCUT2D eigenvalue weighted by molar-refractivity contribution is -0.154. The second kappa shape index (κ2) is 12.3. The van der Waals surface area contributed by atoms with Gasteiger partial charge in [0.05, 0.1) is 18.6 Å². The third-order valence-electron chi connectivity index (χ3n) is 7.36. The van der Waals surface area contributed by atoms with E-state index in [4.69, 9.17) is 9.47 Å². The molecule has 1 fully saturated rings. The van der Waals surface area contributed by atoms with Crippen molar-refractivity contribution in [3.05, 3.63) is 84.4 Å². The van der Waals surface area contributed by atoms with E-state index in [2.05, 4.69) is 46.2 Å². The van der Waals surface area contributed by atoms with Crippen LogP contribution in [0.5, 0.6) is 5.75 Å². The maximum absolute atomic E-state index is 13.1. The topological polar surface area (TPSA) is 42.0 Å². The van der Waals surface area contributed by atoms with Crippen LogP contribution < -0.4 is 9.64 Å². The van der Waals surface area contributed by atoms with Crippen LogP contribution in [-0.4, -0.2) is 56.8 Å². The van der Waals surface area contributed by atoms with Crippen LogP contribution in [0.2, 0.25) is 0 Å². The average Bonchev–Trinajstić information content (AvgIpc) is 2.93. The number of methoxy groups -OCH3 is 1. The zero-order valence-electron chi connectivity index (χ0n) is 22.7. The first-order valence-electron chi connectivity index (χ1n) is 13.4. The van der Waals surface area contributed by atoms with Crippen LogP contribution in [0.25, 0.3) is 11.1 Å². The summed E-state index contributed by atoms with van der Waals surface area (Å²) in [6.45, 7) is 10.9. The fourth-order valence-electron chi connectivity index (χ4n) is 5.07. The van der Waals surface area contributed by atoms with E-state index in [9.17, 15) is 4.79 Å². The molecule has 5 heteroatoms. The summed E-state index contributed by atoms with van der Waals surface area (Å²) in [5, 5.41) is 0. The van der Waals surface area contributed by atoms with Gasteiger partial charge in [-0.3, -0.25) is 9.69 Å². The molecule has 3 aromatic rings. The summed E-state index contributed by atoms with van der Waals surface area (Å²) >= 11 is 0. The average molecular weight is 501 g/mol. The number of hydrogen-bond acceptors (Lipinski definition) is 5. The molecule has 1 aliphatic heterocycles. The maximum atomic E-state index is 13.1. The van der Waals surface area contributed by atoms with Crippen molar-refractivity contribution in [3.8, 4) is 16.9 Å². The van der Waals surface area contributed by atoms with Crippen LogP contribution in [0.1, 0.15) is 39.2 Å². The molecule has 5 nitrogen and oxygen atoms in total. The van der Waals surface area contributed by atoms with Crippen molar-refractivity contribution in [1.29, 1.82) is 0 Å². The van der Waals surface area contributed by atoms with Crippen molar-refractivity contribution >= 4 is 11.7 Å². The van der Waals surface area contributed by atoms with Crippen LogP contribution >= 0.6 is 0 Å². The molecule has 196 valence electrons. The minimum Gasteiger partial charge on any atom is -0.497 e. The third kappa shape index (κ3) is 6.72. The van der Waals surface area contributed by atoms with E-state index in [-0.39, 0.29) is 12.1 Å². The van der Waals surface area contributed by atoms with Crippen LogP contribution in [0, 0.1) is 0 Å². The van der Waals surface area contributed by atoms with E-state index in [1.807, 2.05) is 63.2 Å². The fourth-order valence-corrected chi connectivity index (χ4v) is 5.07. The molecule has 4 rings (SSSR count). The first-order chi connectivity index (χ1) is 17.9. The van der Waals surface area contributed by atoms with Gasteiger partial charge in [-0.05, 0) is 81.1 Å². The summed E-state index contributed by atoms with van der Waals surface area (Å²) in [5.74, 6) is 0.745. The van der Waals surface area contributed by atoms with Gasteiger partial charge in [-0.15, -0.1) is 0 Å². The number of hydrogen-bond donors (Lipinski definition) is 0. The number of carbonyl (C=O) groups is 1. The lowest BCUT2D eigenvalue weighted by atomic mass is 9.78. The fraction of sp³-hybridized carbons (Fsp3) is 0.406. The first-order valence-corrected chi connectivity index (χ1v) is 13.4. The van der Waals surface area contributed by atoms with Gasteiger partial charge in [0, 0.05) is 31.9 Å². The van der Waals surface area contributed by atoms with Gasteiger partial charge in [-0.1, -0.05) is 54.6 Å². The van der Waals surface area contributed by atoms with Crippen molar-refractivity contribution in [1.82, 2.24) is 4.90 Å². The number of carbonyl (C=O) groups excluding carboxylic acids is 1. The number of benzene rings is 3. The molecule has 0 N–H and O–H groups in total. The van der Waals surface area contributed by atoms with Crippen LogP contribution in [-0.2, 0) is 14.9 Å². The normalized spacial score (nSPS) is 15.9. The number of nitrogens with zero attached hydrogens (tertiary/aromatic N) is 2. The van der Waals surface area contributed by atoms with Gasteiger partial charge in [-0.2, -0.15) is 0 Å². The number of rotatable bonds is 10. The van der Waals surface area contributed by atoms with Gasteiger partial charge in [0.15, 0.2) is 0 Å². The van der Waals surface area contributed by atoms with Crippen LogP contribution in [0.3, 0.4) is 0 Å². The molecular weight excluding hydrogens is 460 g/mol. The van der Waals surface area contributed by atoms with Gasteiger partial charge in [0.25, 0.3) is 0 Å². The molecule has 0 radical (unpaired) electrons. The van der Waals surface area contributed by atoms with Gasteiger partial charge < -0.3 is 14.4 Å². The largest absolute Gasteiger partial charge is 0.497 e. The summed E-state index contributed by atoms with van der Waals surface area (Å²) in [6, 6.07) is 27.1. The molecule has 0 bridgehead atoms. The molecule has 1 saturated heterocycles. The van der Waals surface area contributed by atoms with E-state index < -0.39 is 5.41 Å². The standard InChI is InChI=1S/C32H40N2O3/c1-25(2)37-31(35)32(3,28-11-6-5-7-12-28)18-9-19-33-20-22-34(23-21-33)29-16-14-26(15-17-29)27-10-8-13-30(24-27)36-4/h5-8,10-17,24-25H,9,18-23H2,1-4H3. The molecule has 37 heavy (non-hydrogen) atoms. The van der Waals surface area contributed by atoms with Crippen molar-refractivity contribution in [2.45, 2.75) is 45.1 Å². The Morgan fingerprint density at radius 3 is 2.24 bits per heavy atom. The highest BCUT2D eigenvalue weighted by Gasteiger charge is 2.37. The molecule has 0 aromatic heterocycles. The molecule has 1 atom stereocenters. The van der Waals surface area contributed by atoms with Gasteiger partial charge in [0.1, 0.15) is 5.75 Å². The zero-order chi connectivity index (χ0) is 26.3. The van der Waals surface area contributed by atoms with Crippen LogP contribution in [0.15, 0.2) is 78.9 Å². The maximum Gasteiger partial charge on any atom is 0.316 e. The third-order valence-corrected chi connectivity index (χ3v) is 7.36. The number of anilines is 1. The quantitative estimate of drug-likeness (QED) is 0.311. The second-order valence-corrected chi connectivity index (χ2v) is 10.4. The van der Waals surface area contributed by atoms with E-state index in [1.165, 1.54) is 11.3 Å². The number of esters is 1. The summed E-state index contributed by atoms with van der Waals surface area (Å²) in [4.78, 5) is 18.0. The highest BCUT2D eigenvalue weighted by molar-refractivity contribution is 5.82. The van der Waals surface area contributed by atoms with Gasteiger partial charge >= 0.3 is 5.97 Å². The Labute approximate surface area is 222 Å². The van der Waals surface area contributed by atoms with E-state index >= 15 is 0 Å². The molecule has 1 unspecified atom stereocenters. The van der Waals surface area contributed by atoms with Crippen molar-refractivity contribution in [2.24, 2.45) is 0 Å². The monoisotopic (exact) mass is 500 g/mol. The van der Waals surface area contributed by atoms with Crippen molar-refractivity contribution < 1.29 is 14.3 Å². The Kier molecular flexibility index (Phi) is 8.88. The number of ether oxygens (including phenoxy) is 2. The minimum absolute atomic E-state index is 0.117. The minimum atomic E-state index is -0.627. The molecular formula is C32H40N2O3. The predicted molar refractivity (Wildman–Crippen MR) is 151 cm³/mol. The molecule has 0 amide bonds. The highest BCUT2D eigenvalue weighted by atomic mass is 16.5. The van der Waals surface area contributed by atoms with Gasteiger partial charge in [-0.25, -0.2) is 0 Å². The predicted octanol–water partition coefficient (Wildman–Crippen LogP) is 6.17. The molecule has 0 saturated carbocycles. The second-order valence-electron chi connectivity index (χ2n) is 10.4. The lowest BCUT2D eigenvalue weighted by Gasteiger charge is -2.37.